The molecule has 0 spiro atoms. The van der Waals surface area contributed by atoms with Gasteiger partial charge in [0.15, 0.2) is 0 Å². The monoisotopic (exact) mass is 421 g/mol. The summed E-state index contributed by atoms with van der Waals surface area (Å²) in [6, 6.07) is 10.4. The predicted octanol–water partition coefficient (Wildman–Crippen LogP) is 4.34. The van der Waals surface area contributed by atoms with E-state index < -0.39 is 6.04 Å². The molecule has 1 atom stereocenters. The van der Waals surface area contributed by atoms with Crippen LogP contribution < -0.4 is 16.0 Å². The van der Waals surface area contributed by atoms with Crippen LogP contribution in [0.2, 0.25) is 10.0 Å². The van der Waals surface area contributed by atoms with Crippen molar-refractivity contribution in [2.75, 3.05) is 10.6 Å². The normalized spacial score (nSPS) is 11.6. The summed E-state index contributed by atoms with van der Waals surface area (Å²) >= 11 is 12.0. The van der Waals surface area contributed by atoms with Crippen molar-refractivity contribution < 1.29 is 14.4 Å². The Morgan fingerprint density at radius 1 is 0.929 bits per heavy atom. The fourth-order valence-corrected chi connectivity index (χ4v) is 2.82. The standard InChI is InChI=1S/C20H21Cl2N3O3/c1-11(2)18(25-19(27)13-4-6-14(21)7-5-13)20(28)24-15-8-9-17(16(22)10-15)23-12(3)26/h4-11,18H,1-3H3,(H,23,26)(H,24,28)(H,25,27). The quantitative estimate of drug-likeness (QED) is 0.647. The summed E-state index contributed by atoms with van der Waals surface area (Å²) in [7, 11) is 0. The van der Waals surface area contributed by atoms with Crippen LogP contribution in [0.25, 0.3) is 0 Å². The molecule has 0 bridgehead atoms. The molecule has 0 aromatic heterocycles. The van der Waals surface area contributed by atoms with E-state index in [0.29, 0.717) is 27.0 Å². The molecule has 8 heteroatoms. The molecule has 3 amide bonds. The largest absolute Gasteiger partial charge is 0.340 e. The summed E-state index contributed by atoms with van der Waals surface area (Å²) in [5.74, 6) is -1.14. The average molecular weight is 422 g/mol. The van der Waals surface area contributed by atoms with Crippen LogP contribution in [0.1, 0.15) is 31.1 Å². The van der Waals surface area contributed by atoms with Gasteiger partial charge in [-0.1, -0.05) is 37.0 Å². The first-order chi connectivity index (χ1) is 13.2. The highest BCUT2D eigenvalue weighted by atomic mass is 35.5. The number of amides is 3. The molecule has 28 heavy (non-hydrogen) atoms. The molecule has 0 aliphatic heterocycles. The number of hydrogen-bond acceptors (Lipinski definition) is 3. The Bertz CT molecular complexity index is 883. The Hall–Kier alpha value is -2.57. The molecule has 2 aromatic rings. The lowest BCUT2D eigenvalue weighted by Gasteiger charge is -2.22. The number of carbonyl (C=O) groups is 3. The van der Waals surface area contributed by atoms with Crippen LogP contribution in [0.3, 0.4) is 0 Å². The Balaban J connectivity index is 2.10. The Morgan fingerprint density at radius 3 is 2.11 bits per heavy atom. The molecule has 2 aromatic carbocycles. The number of nitrogens with one attached hydrogen (secondary N) is 3. The first-order valence-electron chi connectivity index (χ1n) is 8.62. The minimum atomic E-state index is -0.753. The van der Waals surface area contributed by atoms with Crippen LogP contribution in [0.4, 0.5) is 11.4 Å². The number of carbonyl (C=O) groups excluding carboxylic acids is 3. The van der Waals surface area contributed by atoms with Crippen LogP contribution in [-0.4, -0.2) is 23.8 Å². The summed E-state index contributed by atoms with van der Waals surface area (Å²) in [6.07, 6.45) is 0. The third kappa shape index (κ3) is 5.97. The lowest BCUT2D eigenvalue weighted by Crippen LogP contribution is -2.47. The number of halogens is 2. The van der Waals surface area contributed by atoms with Crippen molar-refractivity contribution >= 4 is 52.3 Å². The van der Waals surface area contributed by atoms with Gasteiger partial charge in [0.1, 0.15) is 6.04 Å². The van der Waals surface area contributed by atoms with Crippen molar-refractivity contribution in [3.8, 4) is 0 Å². The maximum Gasteiger partial charge on any atom is 0.251 e. The highest BCUT2D eigenvalue weighted by Gasteiger charge is 2.25. The van der Waals surface area contributed by atoms with Gasteiger partial charge in [-0.25, -0.2) is 0 Å². The van der Waals surface area contributed by atoms with E-state index in [2.05, 4.69) is 16.0 Å². The minimum absolute atomic E-state index is 0.148. The molecule has 2 rings (SSSR count). The molecule has 0 saturated carbocycles. The van der Waals surface area contributed by atoms with Gasteiger partial charge in [0.25, 0.3) is 5.91 Å². The molecule has 0 radical (unpaired) electrons. The summed E-state index contributed by atoms with van der Waals surface area (Å²) < 4.78 is 0. The third-order valence-corrected chi connectivity index (χ3v) is 4.45. The van der Waals surface area contributed by atoms with Gasteiger partial charge in [0.05, 0.1) is 10.7 Å². The maximum atomic E-state index is 12.7. The fraction of sp³-hybridized carbons (Fsp3) is 0.250. The highest BCUT2D eigenvalue weighted by Crippen LogP contribution is 2.25. The van der Waals surface area contributed by atoms with Gasteiger partial charge in [0, 0.05) is 23.2 Å². The average Bonchev–Trinajstić information content (AvgIpc) is 2.61. The zero-order valence-electron chi connectivity index (χ0n) is 15.7. The fourth-order valence-electron chi connectivity index (χ4n) is 2.46. The Morgan fingerprint density at radius 2 is 1.57 bits per heavy atom. The van der Waals surface area contributed by atoms with E-state index in [4.69, 9.17) is 23.2 Å². The lowest BCUT2D eigenvalue weighted by atomic mass is 10.0. The van der Waals surface area contributed by atoms with E-state index in [1.54, 1.807) is 36.4 Å². The zero-order chi connectivity index (χ0) is 20.8. The molecule has 6 nitrogen and oxygen atoms in total. The SMILES string of the molecule is CC(=O)Nc1ccc(NC(=O)C(NC(=O)c2ccc(Cl)cc2)C(C)C)cc1Cl. The first kappa shape index (κ1) is 21.7. The minimum Gasteiger partial charge on any atom is -0.340 e. The molecule has 0 heterocycles. The number of anilines is 2. The molecule has 1 unspecified atom stereocenters. The van der Waals surface area contributed by atoms with Crippen LogP contribution in [0.15, 0.2) is 42.5 Å². The molecule has 148 valence electrons. The summed E-state index contributed by atoms with van der Waals surface area (Å²) in [5, 5.41) is 8.89. The van der Waals surface area contributed by atoms with E-state index in [0.717, 1.165) is 0 Å². The van der Waals surface area contributed by atoms with Crippen LogP contribution in [-0.2, 0) is 9.59 Å². The second-order valence-corrected chi connectivity index (χ2v) is 7.41. The van der Waals surface area contributed by atoms with Gasteiger partial charge in [0.2, 0.25) is 11.8 Å². The molecule has 3 N–H and O–H groups in total. The second kappa shape index (κ2) is 9.57. The second-order valence-electron chi connectivity index (χ2n) is 6.57. The smallest absolute Gasteiger partial charge is 0.251 e. The van der Waals surface area contributed by atoms with Gasteiger partial charge >= 0.3 is 0 Å². The number of hydrogen-bond donors (Lipinski definition) is 3. The topological polar surface area (TPSA) is 87.3 Å². The predicted molar refractivity (Wildman–Crippen MR) is 112 cm³/mol. The lowest BCUT2D eigenvalue weighted by molar-refractivity contribution is -0.119. The highest BCUT2D eigenvalue weighted by molar-refractivity contribution is 6.34. The third-order valence-electron chi connectivity index (χ3n) is 3.89. The molecular formula is C20H21Cl2N3O3. The maximum absolute atomic E-state index is 12.7. The molecule has 0 aliphatic carbocycles. The Labute approximate surface area is 173 Å². The van der Waals surface area contributed by atoms with Crippen molar-refractivity contribution in [3.05, 3.63) is 58.1 Å². The molecular weight excluding hydrogens is 401 g/mol. The van der Waals surface area contributed by atoms with Gasteiger partial charge in [-0.05, 0) is 48.4 Å². The van der Waals surface area contributed by atoms with Gasteiger partial charge in [-0.3, -0.25) is 14.4 Å². The van der Waals surface area contributed by atoms with Gasteiger partial charge in [-0.15, -0.1) is 0 Å². The van der Waals surface area contributed by atoms with E-state index in [9.17, 15) is 14.4 Å². The van der Waals surface area contributed by atoms with Crippen molar-refractivity contribution in [2.45, 2.75) is 26.8 Å². The van der Waals surface area contributed by atoms with E-state index in [1.807, 2.05) is 13.8 Å². The van der Waals surface area contributed by atoms with Crippen molar-refractivity contribution in [1.82, 2.24) is 5.32 Å². The summed E-state index contributed by atoms with van der Waals surface area (Å²) in [4.78, 5) is 36.3. The van der Waals surface area contributed by atoms with Crippen LogP contribution >= 0.6 is 23.2 Å². The van der Waals surface area contributed by atoms with Crippen LogP contribution in [0, 0.1) is 5.92 Å². The van der Waals surface area contributed by atoms with Gasteiger partial charge in [-0.2, -0.15) is 0 Å². The number of benzene rings is 2. The van der Waals surface area contributed by atoms with E-state index >= 15 is 0 Å². The van der Waals surface area contributed by atoms with Crippen molar-refractivity contribution in [3.63, 3.8) is 0 Å². The van der Waals surface area contributed by atoms with Crippen molar-refractivity contribution in [2.24, 2.45) is 5.92 Å². The van der Waals surface area contributed by atoms with E-state index in [-0.39, 0.29) is 23.6 Å². The first-order valence-corrected chi connectivity index (χ1v) is 9.37. The van der Waals surface area contributed by atoms with E-state index in [1.165, 1.54) is 13.0 Å². The molecule has 0 saturated heterocycles. The van der Waals surface area contributed by atoms with Crippen LogP contribution in [0.5, 0.6) is 0 Å². The molecule has 0 fully saturated rings. The Kier molecular flexibility index (Phi) is 7.43. The van der Waals surface area contributed by atoms with Gasteiger partial charge < -0.3 is 16.0 Å². The summed E-state index contributed by atoms with van der Waals surface area (Å²) in [6.45, 7) is 5.04. The zero-order valence-corrected chi connectivity index (χ0v) is 17.2. The summed E-state index contributed by atoms with van der Waals surface area (Å²) in [5.41, 5.74) is 1.31. The number of rotatable bonds is 6. The molecule has 0 aliphatic rings. The van der Waals surface area contributed by atoms with Crippen molar-refractivity contribution in [1.29, 1.82) is 0 Å².